The molecule has 1 aromatic rings. The lowest BCUT2D eigenvalue weighted by Crippen LogP contribution is -2.35. The molecule has 0 bridgehead atoms. The van der Waals surface area contributed by atoms with Crippen LogP contribution in [0.15, 0.2) is 18.2 Å². The Morgan fingerprint density at radius 1 is 1.37 bits per heavy atom. The molecule has 3 nitrogen and oxygen atoms in total. The SMILES string of the molecule is CCOc1c(Cl)cccc1CN1CCC(CN)CC1. The summed E-state index contributed by atoms with van der Waals surface area (Å²) in [7, 11) is 0. The van der Waals surface area contributed by atoms with Gasteiger partial charge in [-0.2, -0.15) is 0 Å². The number of likely N-dealkylation sites (tertiary alicyclic amines) is 1. The van der Waals surface area contributed by atoms with E-state index >= 15 is 0 Å². The van der Waals surface area contributed by atoms with Crippen molar-refractivity contribution < 1.29 is 4.74 Å². The zero-order valence-electron chi connectivity index (χ0n) is 11.6. The van der Waals surface area contributed by atoms with Crippen molar-refractivity contribution in [3.63, 3.8) is 0 Å². The molecule has 1 aliphatic rings. The zero-order valence-corrected chi connectivity index (χ0v) is 12.3. The Bertz CT molecular complexity index is 403. The maximum Gasteiger partial charge on any atom is 0.142 e. The first-order chi connectivity index (χ1) is 9.24. The van der Waals surface area contributed by atoms with Crippen LogP contribution in [0.4, 0.5) is 0 Å². The fourth-order valence-corrected chi connectivity index (χ4v) is 2.85. The Balaban J connectivity index is 2.01. The Morgan fingerprint density at radius 2 is 2.11 bits per heavy atom. The summed E-state index contributed by atoms with van der Waals surface area (Å²) in [5, 5.41) is 0.705. The molecule has 0 amide bonds. The van der Waals surface area contributed by atoms with Gasteiger partial charge in [-0.25, -0.2) is 0 Å². The van der Waals surface area contributed by atoms with E-state index in [9.17, 15) is 0 Å². The lowest BCUT2D eigenvalue weighted by molar-refractivity contribution is 0.178. The van der Waals surface area contributed by atoms with E-state index in [-0.39, 0.29) is 0 Å². The van der Waals surface area contributed by atoms with Gasteiger partial charge < -0.3 is 10.5 Å². The van der Waals surface area contributed by atoms with Crippen molar-refractivity contribution in [1.29, 1.82) is 0 Å². The van der Waals surface area contributed by atoms with E-state index in [2.05, 4.69) is 11.0 Å². The fourth-order valence-electron chi connectivity index (χ4n) is 2.61. The highest BCUT2D eigenvalue weighted by Gasteiger charge is 2.19. The van der Waals surface area contributed by atoms with Crippen LogP contribution in [0.5, 0.6) is 5.75 Å². The Kier molecular flexibility index (Phi) is 5.49. The highest BCUT2D eigenvalue weighted by Crippen LogP contribution is 2.30. The van der Waals surface area contributed by atoms with Crippen LogP contribution in [0.2, 0.25) is 5.02 Å². The minimum atomic E-state index is 0.645. The summed E-state index contributed by atoms with van der Waals surface area (Å²) >= 11 is 6.21. The van der Waals surface area contributed by atoms with Crippen LogP contribution in [0, 0.1) is 5.92 Å². The quantitative estimate of drug-likeness (QED) is 0.902. The molecule has 0 atom stereocenters. The molecular formula is C15H23ClN2O. The van der Waals surface area contributed by atoms with Crippen LogP contribution >= 0.6 is 11.6 Å². The largest absolute Gasteiger partial charge is 0.492 e. The van der Waals surface area contributed by atoms with Crippen molar-refractivity contribution in [1.82, 2.24) is 4.90 Å². The van der Waals surface area contributed by atoms with E-state index in [1.807, 2.05) is 19.1 Å². The number of rotatable bonds is 5. The molecule has 0 spiro atoms. The van der Waals surface area contributed by atoms with E-state index < -0.39 is 0 Å². The number of piperidine rings is 1. The van der Waals surface area contributed by atoms with Gasteiger partial charge in [-0.15, -0.1) is 0 Å². The average molecular weight is 283 g/mol. The number of halogens is 1. The molecule has 0 aliphatic carbocycles. The molecule has 19 heavy (non-hydrogen) atoms. The monoisotopic (exact) mass is 282 g/mol. The minimum Gasteiger partial charge on any atom is -0.492 e. The molecule has 0 unspecified atom stereocenters. The molecule has 1 heterocycles. The number of nitrogens with zero attached hydrogens (tertiary/aromatic N) is 1. The second-order valence-corrected chi connectivity index (χ2v) is 5.52. The van der Waals surface area contributed by atoms with Crippen LogP contribution in [0.25, 0.3) is 0 Å². The molecule has 1 fully saturated rings. The van der Waals surface area contributed by atoms with E-state index in [0.29, 0.717) is 17.5 Å². The summed E-state index contributed by atoms with van der Waals surface area (Å²) in [5.41, 5.74) is 6.91. The first-order valence-corrected chi connectivity index (χ1v) is 7.45. The summed E-state index contributed by atoms with van der Waals surface area (Å²) in [5.74, 6) is 1.54. The summed E-state index contributed by atoms with van der Waals surface area (Å²) in [6.45, 7) is 6.58. The first kappa shape index (κ1) is 14.6. The van der Waals surface area contributed by atoms with Gasteiger partial charge in [0.05, 0.1) is 11.6 Å². The molecule has 1 saturated heterocycles. The van der Waals surface area contributed by atoms with E-state index in [1.165, 1.54) is 18.4 Å². The Morgan fingerprint density at radius 3 is 2.74 bits per heavy atom. The molecule has 0 radical (unpaired) electrons. The summed E-state index contributed by atoms with van der Waals surface area (Å²) in [6.07, 6.45) is 2.39. The second kappa shape index (κ2) is 7.13. The zero-order chi connectivity index (χ0) is 13.7. The van der Waals surface area contributed by atoms with Gasteiger partial charge in [-0.05, 0) is 51.4 Å². The van der Waals surface area contributed by atoms with Gasteiger partial charge >= 0.3 is 0 Å². The fraction of sp³-hybridized carbons (Fsp3) is 0.600. The highest BCUT2D eigenvalue weighted by molar-refractivity contribution is 6.32. The van der Waals surface area contributed by atoms with Crippen molar-refractivity contribution in [2.75, 3.05) is 26.2 Å². The summed E-state index contributed by atoms with van der Waals surface area (Å²) < 4.78 is 5.67. The van der Waals surface area contributed by atoms with Gasteiger partial charge in [0.15, 0.2) is 0 Å². The average Bonchev–Trinajstić information content (AvgIpc) is 2.43. The standard InChI is InChI=1S/C15H23ClN2O/c1-2-19-15-13(4-3-5-14(15)16)11-18-8-6-12(10-17)7-9-18/h3-5,12H,2,6-11,17H2,1H3. The predicted octanol–water partition coefficient (Wildman–Crippen LogP) is 2.91. The third kappa shape index (κ3) is 3.85. The molecule has 0 aromatic heterocycles. The Hall–Kier alpha value is -0.770. The third-order valence-electron chi connectivity index (χ3n) is 3.77. The molecule has 106 valence electrons. The predicted molar refractivity (Wildman–Crippen MR) is 79.7 cm³/mol. The van der Waals surface area contributed by atoms with E-state index in [4.69, 9.17) is 22.1 Å². The summed E-state index contributed by atoms with van der Waals surface area (Å²) in [4.78, 5) is 2.46. The molecule has 2 N–H and O–H groups in total. The van der Waals surface area contributed by atoms with Gasteiger partial charge in [0, 0.05) is 12.1 Å². The minimum absolute atomic E-state index is 0.645. The number of ether oxygens (including phenoxy) is 1. The van der Waals surface area contributed by atoms with Crippen molar-refractivity contribution >= 4 is 11.6 Å². The maximum absolute atomic E-state index is 6.21. The van der Waals surface area contributed by atoms with Crippen LogP contribution in [0.1, 0.15) is 25.3 Å². The van der Waals surface area contributed by atoms with Crippen molar-refractivity contribution in [3.8, 4) is 5.75 Å². The van der Waals surface area contributed by atoms with E-state index in [0.717, 1.165) is 31.9 Å². The summed E-state index contributed by atoms with van der Waals surface area (Å²) in [6, 6.07) is 5.98. The number of nitrogens with two attached hydrogens (primary N) is 1. The third-order valence-corrected chi connectivity index (χ3v) is 4.07. The van der Waals surface area contributed by atoms with Crippen LogP contribution in [-0.2, 0) is 6.54 Å². The van der Waals surface area contributed by atoms with Crippen molar-refractivity contribution in [2.24, 2.45) is 11.7 Å². The van der Waals surface area contributed by atoms with Crippen LogP contribution in [-0.4, -0.2) is 31.1 Å². The van der Waals surface area contributed by atoms with Crippen molar-refractivity contribution in [3.05, 3.63) is 28.8 Å². The van der Waals surface area contributed by atoms with Gasteiger partial charge in [0.25, 0.3) is 0 Å². The molecule has 4 heteroatoms. The smallest absolute Gasteiger partial charge is 0.142 e. The molecule has 0 saturated carbocycles. The Labute approximate surface area is 120 Å². The van der Waals surface area contributed by atoms with Gasteiger partial charge in [-0.1, -0.05) is 23.7 Å². The molecule has 1 aromatic carbocycles. The number of hydrogen-bond acceptors (Lipinski definition) is 3. The molecular weight excluding hydrogens is 260 g/mol. The highest BCUT2D eigenvalue weighted by atomic mass is 35.5. The maximum atomic E-state index is 6.21. The van der Waals surface area contributed by atoms with Crippen molar-refractivity contribution in [2.45, 2.75) is 26.3 Å². The van der Waals surface area contributed by atoms with Crippen LogP contribution < -0.4 is 10.5 Å². The lowest BCUT2D eigenvalue weighted by atomic mass is 9.97. The second-order valence-electron chi connectivity index (χ2n) is 5.12. The number of hydrogen-bond donors (Lipinski definition) is 1. The number of benzene rings is 1. The lowest BCUT2D eigenvalue weighted by Gasteiger charge is -2.31. The first-order valence-electron chi connectivity index (χ1n) is 7.07. The number of para-hydroxylation sites is 1. The molecule has 1 aliphatic heterocycles. The normalized spacial score (nSPS) is 17.6. The topological polar surface area (TPSA) is 38.5 Å². The van der Waals surface area contributed by atoms with Crippen LogP contribution in [0.3, 0.4) is 0 Å². The molecule has 2 rings (SSSR count). The van der Waals surface area contributed by atoms with Gasteiger partial charge in [0.1, 0.15) is 5.75 Å². The van der Waals surface area contributed by atoms with Gasteiger partial charge in [0.2, 0.25) is 0 Å². The van der Waals surface area contributed by atoms with Gasteiger partial charge in [-0.3, -0.25) is 4.90 Å². The van der Waals surface area contributed by atoms with E-state index in [1.54, 1.807) is 0 Å².